The third kappa shape index (κ3) is 5.12. The first-order valence-corrected chi connectivity index (χ1v) is 10.9. The van der Waals surface area contributed by atoms with Gasteiger partial charge in [0.25, 0.3) is 5.91 Å². The zero-order valence-electron chi connectivity index (χ0n) is 18.1. The molecule has 2 aromatic rings. The maximum atomic E-state index is 13.9. The molecule has 1 atom stereocenters. The molecule has 166 valence electrons. The van der Waals surface area contributed by atoms with Crippen molar-refractivity contribution in [1.82, 2.24) is 14.9 Å². The van der Waals surface area contributed by atoms with Gasteiger partial charge in [-0.2, -0.15) is 0 Å². The molecule has 8 heteroatoms. The quantitative estimate of drug-likeness (QED) is 0.707. The standard InChI is InChI=1S/C23H30FN5O2/c1-23(2,24)22(31)29-11-9-28(10-12-29)21-13-20(26-15-27-21)25-14-19(30)18-6-4-3-5-17(18)16-7-8-16/h3-6,13,15-16,19,30H,7-12,14H2,1-2H3,(H,25,26,27). The number of nitrogens with one attached hydrogen (secondary N) is 1. The lowest BCUT2D eigenvalue weighted by Gasteiger charge is -2.37. The Morgan fingerprint density at radius 2 is 1.94 bits per heavy atom. The number of aromatic nitrogens is 2. The number of piperazine rings is 1. The first-order chi connectivity index (χ1) is 14.8. The lowest BCUT2D eigenvalue weighted by atomic mass is 9.99. The summed E-state index contributed by atoms with van der Waals surface area (Å²) in [4.78, 5) is 24.4. The van der Waals surface area contributed by atoms with Crippen LogP contribution in [0.4, 0.5) is 16.0 Å². The van der Waals surface area contributed by atoms with E-state index < -0.39 is 17.7 Å². The van der Waals surface area contributed by atoms with Crippen LogP contribution in [0.3, 0.4) is 0 Å². The first kappa shape index (κ1) is 21.5. The smallest absolute Gasteiger partial charge is 0.259 e. The van der Waals surface area contributed by atoms with Crippen LogP contribution in [0.5, 0.6) is 0 Å². The summed E-state index contributed by atoms with van der Waals surface area (Å²) in [5, 5.41) is 13.9. The van der Waals surface area contributed by atoms with E-state index in [1.807, 2.05) is 24.3 Å². The van der Waals surface area contributed by atoms with Crippen LogP contribution in [-0.4, -0.2) is 64.3 Å². The summed E-state index contributed by atoms with van der Waals surface area (Å²) in [6.07, 6.45) is 3.25. The van der Waals surface area contributed by atoms with Gasteiger partial charge in [0.05, 0.1) is 6.10 Å². The van der Waals surface area contributed by atoms with Gasteiger partial charge in [0.2, 0.25) is 0 Å². The molecule has 2 N–H and O–H groups in total. The van der Waals surface area contributed by atoms with Crippen molar-refractivity contribution in [2.75, 3.05) is 42.9 Å². The van der Waals surface area contributed by atoms with Crippen LogP contribution in [0.2, 0.25) is 0 Å². The highest BCUT2D eigenvalue weighted by atomic mass is 19.1. The molecule has 0 spiro atoms. The Hall–Kier alpha value is -2.74. The number of aliphatic hydroxyl groups excluding tert-OH is 1. The number of halogens is 1. The molecule has 2 fully saturated rings. The Labute approximate surface area is 182 Å². The highest BCUT2D eigenvalue weighted by Crippen LogP contribution is 2.42. The van der Waals surface area contributed by atoms with E-state index in [4.69, 9.17) is 0 Å². The molecule has 4 rings (SSSR count). The van der Waals surface area contributed by atoms with E-state index in [0.29, 0.717) is 44.5 Å². The number of carbonyl (C=O) groups excluding carboxylic acids is 1. The molecule has 1 saturated carbocycles. The van der Waals surface area contributed by atoms with Crippen LogP contribution in [0.1, 0.15) is 49.8 Å². The van der Waals surface area contributed by atoms with Gasteiger partial charge in [0.1, 0.15) is 18.0 Å². The van der Waals surface area contributed by atoms with Gasteiger partial charge >= 0.3 is 0 Å². The van der Waals surface area contributed by atoms with E-state index in [9.17, 15) is 14.3 Å². The molecule has 1 aliphatic carbocycles. The van der Waals surface area contributed by atoms with Gasteiger partial charge < -0.3 is 20.2 Å². The second kappa shape index (κ2) is 8.78. The maximum Gasteiger partial charge on any atom is 0.259 e. The number of anilines is 2. The number of benzene rings is 1. The van der Waals surface area contributed by atoms with Crippen LogP contribution in [0.15, 0.2) is 36.7 Å². The van der Waals surface area contributed by atoms with Crippen LogP contribution in [0, 0.1) is 0 Å². The fourth-order valence-electron chi connectivity index (χ4n) is 4.02. The maximum absolute atomic E-state index is 13.9. The summed E-state index contributed by atoms with van der Waals surface area (Å²) >= 11 is 0. The molecule has 31 heavy (non-hydrogen) atoms. The van der Waals surface area contributed by atoms with E-state index in [0.717, 1.165) is 11.4 Å². The highest BCUT2D eigenvalue weighted by Gasteiger charge is 2.33. The van der Waals surface area contributed by atoms with Crippen molar-refractivity contribution < 1.29 is 14.3 Å². The number of amides is 1. The number of carbonyl (C=O) groups is 1. The second-order valence-corrected chi connectivity index (χ2v) is 8.81. The average Bonchev–Trinajstić information content (AvgIpc) is 3.62. The van der Waals surface area contributed by atoms with Crippen LogP contribution in [-0.2, 0) is 4.79 Å². The van der Waals surface area contributed by atoms with Crippen LogP contribution in [0.25, 0.3) is 0 Å². The molecule has 0 radical (unpaired) electrons. The zero-order chi connectivity index (χ0) is 22.0. The SMILES string of the molecule is CC(C)(F)C(=O)N1CCN(c2cc(NCC(O)c3ccccc3C3CC3)ncn2)CC1. The van der Waals surface area contributed by atoms with E-state index >= 15 is 0 Å². The van der Waals surface area contributed by atoms with Crippen LogP contribution >= 0.6 is 0 Å². The Morgan fingerprint density at radius 3 is 2.61 bits per heavy atom. The third-order valence-electron chi connectivity index (χ3n) is 5.90. The van der Waals surface area contributed by atoms with E-state index in [2.05, 4.69) is 26.3 Å². The minimum absolute atomic E-state index is 0.355. The molecule has 2 aliphatic rings. The third-order valence-corrected chi connectivity index (χ3v) is 5.90. The van der Waals surface area contributed by atoms with Gasteiger partial charge in [0.15, 0.2) is 5.67 Å². The van der Waals surface area contributed by atoms with Crippen molar-refractivity contribution in [2.45, 2.75) is 44.4 Å². The second-order valence-electron chi connectivity index (χ2n) is 8.81. The number of nitrogens with zero attached hydrogens (tertiary/aromatic N) is 4. The molecule has 1 aliphatic heterocycles. The first-order valence-electron chi connectivity index (χ1n) is 10.9. The van der Waals surface area contributed by atoms with E-state index in [1.165, 1.54) is 38.6 Å². The number of rotatable bonds is 7. The Kier molecular flexibility index (Phi) is 6.09. The number of hydrogen-bond acceptors (Lipinski definition) is 6. The lowest BCUT2D eigenvalue weighted by Crippen LogP contribution is -2.53. The normalized spacial score (nSPS) is 18.1. The molecular formula is C23H30FN5O2. The van der Waals surface area contributed by atoms with E-state index in [1.54, 1.807) is 4.90 Å². The molecule has 0 bridgehead atoms. The molecule has 1 unspecified atom stereocenters. The van der Waals surface area contributed by atoms with Crippen molar-refractivity contribution in [3.63, 3.8) is 0 Å². The van der Waals surface area contributed by atoms with Crippen LogP contribution < -0.4 is 10.2 Å². The monoisotopic (exact) mass is 427 g/mol. The van der Waals surface area contributed by atoms with Gasteiger partial charge in [-0.3, -0.25) is 4.79 Å². The van der Waals surface area contributed by atoms with Crippen molar-refractivity contribution in [3.05, 3.63) is 47.8 Å². The minimum Gasteiger partial charge on any atom is -0.387 e. The largest absolute Gasteiger partial charge is 0.387 e. The van der Waals surface area contributed by atoms with Crippen molar-refractivity contribution in [1.29, 1.82) is 0 Å². The molecule has 1 aromatic carbocycles. The molecule has 1 aromatic heterocycles. The molecule has 2 heterocycles. The topological polar surface area (TPSA) is 81.6 Å². The molecular weight excluding hydrogens is 397 g/mol. The summed E-state index contributed by atoms with van der Waals surface area (Å²) in [6.45, 7) is 5.01. The molecule has 7 nitrogen and oxygen atoms in total. The summed E-state index contributed by atoms with van der Waals surface area (Å²) in [5.41, 5.74) is 0.361. The fraction of sp³-hybridized carbons (Fsp3) is 0.522. The van der Waals surface area contributed by atoms with Gasteiger partial charge in [-0.15, -0.1) is 0 Å². The average molecular weight is 428 g/mol. The number of hydrogen-bond donors (Lipinski definition) is 2. The van der Waals surface area contributed by atoms with Gasteiger partial charge in [-0.05, 0) is 43.7 Å². The summed E-state index contributed by atoms with van der Waals surface area (Å²) < 4.78 is 13.9. The lowest BCUT2D eigenvalue weighted by molar-refractivity contribution is -0.142. The van der Waals surface area contributed by atoms with Gasteiger partial charge in [0, 0.05) is 38.8 Å². The molecule has 1 amide bonds. The van der Waals surface area contributed by atoms with Crippen molar-refractivity contribution in [2.24, 2.45) is 0 Å². The van der Waals surface area contributed by atoms with Gasteiger partial charge in [-0.1, -0.05) is 24.3 Å². The highest BCUT2D eigenvalue weighted by molar-refractivity contribution is 5.84. The Bertz CT molecular complexity index is 920. The predicted octanol–water partition coefficient (Wildman–Crippen LogP) is 2.90. The summed E-state index contributed by atoms with van der Waals surface area (Å²) in [7, 11) is 0. The molecule has 1 saturated heterocycles. The van der Waals surface area contributed by atoms with Crippen molar-refractivity contribution >= 4 is 17.5 Å². The summed E-state index contributed by atoms with van der Waals surface area (Å²) in [6, 6.07) is 9.92. The fourth-order valence-corrected chi connectivity index (χ4v) is 4.02. The summed E-state index contributed by atoms with van der Waals surface area (Å²) in [5.74, 6) is 1.48. The number of aliphatic hydroxyl groups is 1. The van der Waals surface area contributed by atoms with Crippen molar-refractivity contribution in [3.8, 4) is 0 Å². The zero-order valence-corrected chi connectivity index (χ0v) is 18.1. The van der Waals surface area contributed by atoms with Gasteiger partial charge in [-0.25, -0.2) is 14.4 Å². The minimum atomic E-state index is -1.85. The number of alkyl halides is 1. The Morgan fingerprint density at radius 1 is 1.23 bits per heavy atom. The predicted molar refractivity (Wildman–Crippen MR) is 118 cm³/mol. The van der Waals surface area contributed by atoms with E-state index in [-0.39, 0.29) is 0 Å². The Balaban J connectivity index is 1.35.